The van der Waals surface area contributed by atoms with Crippen LogP contribution in [0.5, 0.6) is 0 Å². The van der Waals surface area contributed by atoms with E-state index in [1.54, 1.807) is 17.8 Å². The van der Waals surface area contributed by atoms with Crippen LogP contribution in [0.4, 0.5) is 4.39 Å². The van der Waals surface area contributed by atoms with Gasteiger partial charge < -0.3 is 10.3 Å². The number of nitrogens with zero attached hydrogens (tertiary/aromatic N) is 3. The van der Waals surface area contributed by atoms with Gasteiger partial charge in [0.05, 0.1) is 16.9 Å². The summed E-state index contributed by atoms with van der Waals surface area (Å²) in [7, 11) is -1.92. The molecule has 0 unspecified atom stereocenters. The van der Waals surface area contributed by atoms with Gasteiger partial charge in [-0.2, -0.15) is 4.31 Å². The van der Waals surface area contributed by atoms with Gasteiger partial charge in [0.15, 0.2) is 0 Å². The molecule has 1 aliphatic heterocycles. The number of aryl methyl sites for hydroxylation is 2. The number of sulfonamides is 1. The van der Waals surface area contributed by atoms with Crippen LogP contribution in [-0.4, -0.2) is 41.4 Å². The first-order chi connectivity index (χ1) is 10.8. The first-order valence-electron chi connectivity index (χ1n) is 7.28. The molecule has 0 radical (unpaired) electrons. The fraction of sp³-hybridized carbons (Fsp3) is 0.400. The lowest BCUT2D eigenvalue weighted by molar-refractivity contribution is 0.469. The third-order valence-corrected chi connectivity index (χ3v) is 5.90. The Morgan fingerprint density at radius 2 is 2.04 bits per heavy atom. The zero-order valence-corrected chi connectivity index (χ0v) is 13.8. The van der Waals surface area contributed by atoms with E-state index < -0.39 is 15.8 Å². The highest BCUT2D eigenvalue weighted by atomic mass is 32.2. The van der Waals surface area contributed by atoms with Crippen LogP contribution in [0, 0.1) is 12.7 Å². The lowest BCUT2D eigenvalue weighted by Crippen LogP contribution is -2.32. The lowest BCUT2D eigenvalue weighted by Gasteiger charge is -2.16. The molecule has 1 fully saturated rings. The first kappa shape index (κ1) is 16.1. The second-order valence-corrected chi connectivity index (χ2v) is 7.96. The quantitative estimate of drug-likeness (QED) is 0.905. The molecule has 0 amide bonds. The van der Waals surface area contributed by atoms with Crippen LogP contribution in [0.1, 0.15) is 17.2 Å². The first-order valence-corrected chi connectivity index (χ1v) is 8.72. The highest BCUT2D eigenvalue weighted by Gasteiger charge is 2.39. The minimum atomic E-state index is -3.77. The zero-order chi connectivity index (χ0) is 16.8. The molecule has 1 saturated heterocycles. The molecule has 0 spiro atoms. The monoisotopic (exact) mass is 338 g/mol. The molecule has 1 aromatic heterocycles. The average molecular weight is 338 g/mol. The van der Waals surface area contributed by atoms with Gasteiger partial charge in [0.2, 0.25) is 10.0 Å². The summed E-state index contributed by atoms with van der Waals surface area (Å²) in [5.41, 5.74) is 7.45. The predicted octanol–water partition coefficient (Wildman–Crippen LogP) is 0.983. The van der Waals surface area contributed by atoms with E-state index in [1.165, 1.54) is 16.4 Å². The summed E-state index contributed by atoms with van der Waals surface area (Å²) in [5, 5.41) is 0. The van der Waals surface area contributed by atoms with Crippen molar-refractivity contribution in [1.29, 1.82) is 0 Å². The Morgan fingerprint density at radius 3 is 2.65 bits per heavy atom. The Bertz CT molecular complexity index is 814. The van der Waals surface area contributed by atoms with E-state index in [0.29, 0.717) is 5.56 Å². The molecule has 0 bridgehead atoms. The van der Waals surface area contributed by atoms with Crippen LogP contribution in [0.2, 0.25) is 0 Å². The minimum Gasteiger partial charge on any atom is -0.340 e. The van der Waals surface area contributed by atoms with E-state index in [-0.39, 0.29) is 29.9 Å². The van der Waals surface area contributed by atoms with Crippen LogP contribution >= 0.6 is 0 Å². The maximum Gasteiger partial charge on any atom is 0.243 e. The number of benzene rings is 1. The van der Waals surface area contributed by atoms with Gasteiger partial charge in [-0.1, -0.05) is 0 Å². The Labute approximate surface area is 134 Å². The molecule has 2 N–H and O–H groups in total. The molecule has 2 aromatic rings. The van der Waals surface area contributed by atoms with Gasteiger partial charge in [-0.05, 0) is 30.7 Å². The summed E-state index contributed by atoms with van der Waals surface area (Å²) in [6.45, 7) is 2.10. The summed E-state index contributed by atoms with van der Waals surface area (Å²) >= 11 is 0. The molecule has 1 aromatic carbocycles. The number of imidazole rings is 1. The molecule has 3 rings (SSSR count). The maximum absolute atomic E-state index is 13.5. The van der Waals surface area contributed by atoms with Crippen molar-refractivity contribution < 1.29 is 12.8 Å². The number of aromatic nitrogens is 2. The van der Waals surface area contributed by atoms with Crippen LogP contribution in [0.15, 0.2) is 35.6 Å². The standard InChI is InChI=1S/C15H19FN4O2S/c1-10-3-11(16)5-12(4-10)23(21,22)20-6-13(14(17)7-20)15-8-19(2)9-18-15/h3-5,8-9,13-14H,6-7,17H2,1-2H3/t13-,14-/m1/s1. The number of nitrogens with two attached hydrogens (primary N) is 1. The van der Waals surface area contributed by atoms with Gasteiger partial charge in [-0.15, -0.1) is 0 Å². The third kappa shape index (κ3) is 3.01. The number of hydrogen-bond acceptors (Lipinski definition) is 4. The fourth-order valence-corrected chi connectivity index (χ4v) is 4.55. The summed E-state index contributed by atoms with van der Waals surface area (Å²) < 4.78 is 42.1. The number of halogens is 1. The molecular formula is C15H19FN4O2S. The minimum absolute atomic E-state index is 0.0381. The molecule has 6 nitrogen and oxygen atoms in total. The molecule has 2 heterocycles. The molecule has 1 aliphatic rings. The van der Waals surface area contributed by atoms with E-state index in [0.717, 1.165) is 11.8 Å². The highest BCUT2D eigenvalue weighted by molar-refractivity contribution is 7.89. The third-order valence-electron chi connectivity index (χ3n) is 4.09. The van der Waals surface area contributed by atoms with Crippen molar-refractivity contribution in [1.82, 2.24) is 13.9 Å². The highest BCUT2D eigenvalue weighted by Crippen LogP contribution is 2.30. The Hall–Kier alpha value is -1.77. The Kier molecular flexibility index (Phi) is 3.99. The normalized spacial score (nSPS) is 22.6. The zero-order valence-electron chi connectivity index (χ0n) is 13.0. The molecule has 124 valence electrons. The van der Waals surface area contributed by atoms with Gasteiger partial charge in [-0.3, -0.25) is 0 Å². The van der Waals surface area contributed by atoms with E-state index in [1.807, 2.05) is 13.2 Å². The van der Waals surface area contributed by atoms with Gasteiger partial charge in [-0.25, -0.2) is 17.8 Å². The van der Waals surface area contributed by atoms with Crippen molar-refractivity contribution in [2.45, 2.75) is 23.8 Å². The van der Waals surface area contributed by atoms with E-state index in [4.69, 9.17) is 5.73 Å². The smallest absolute Gasteiger partial charge is 0.243 e. The second kappa shape index (κ2) is 5.70. The van der Waals surface area contributed by atoms with E-state index in [2.05, 4.69) is 4.98 Å². The summed E-state index contributed by atoms with van der Waals surface area (Å²) in [6.07, 6.45) is 3.50. The molecule has 2 atom stereocenters. The van der Waals surface area contributed by atoms with Crippen LogP contribution in [-0.2, 0) is 17.1 Å². The molecule has 23 heavy (non-hydrogen) atoms. The van der Waals surface area contributed by atoms with Gasteiger partial charge in [0.1, 0.15) is 5.82 Å². The molecule has 8 heteroatoms. The fourth-order valence-electron chi connectivity index (χ4n) is 2.93. The van der Waals surface area contributed by atoms with E-state index in [9.17, 15) is 12.8 Å². The van der Waals surface area contributed by atoms with Crippen LogP contribution in [0.25, 0.3) is 0 Å². The summed E-state index contributed by atoms with van der Waals surface area (Å²) in [5.74, 6) is -0.728. The van der Waals surface area contributed by atoms with Gasteiger partial charge >= 0.3 is 0 Å². The van der Waals surface area contributed by atoms with Crippen LogP contribution < -0.4 is 5.73 Å². The van der Waals surface area contributed by atoms with Crippen molar-refractivity contribution in [2.75, 3.05) is 13.1 Å². The summed E-state index contributed by atoms with van der Waals surface area (Å²) in [4.78, 5) is 4.23. The lowest BCUT2D eigenvalue weighted by atomic mass is 10.0. The van der Waals surface area contributed by atoms with Crippen molar-refractivity contribution >= 4 is 10.0 Å². The molecule has 0 saturated carbocycles. The predicted molar refractivity (Wildman–Crippen MR) is 83.8 cm³/mol. The second-order valence-electron chi connectivity index (χ2n) is 6.02. The van der Waals surface area contributed by atoms with E-state index >= 15 is 0 Å². The number of hydrogen-bond donors (Lipinski definition) is 1. The molecule has 0 aliphatic carbocycles. The Balaban J connectivity index is 1.90. The Morgan fingerprint density at radius 1 is 1.30 bits per heavy atom. The summed E-state index contributed by atoms with van der Waals surface area (Å²) in [6, 6.07) is 3.47. The maximum atomic E-state index is 13.5. The van der Waals surface area contributed by atoms with Crippen LogP contribution in [0.3, 0.4) is 0 Å². The van der Waals surface area contributed by atoms with Crippen molar-refractivity contribution in [3.63, 3.8) is 0 Å². The largest absolute Gasteiger partial charge is 0.340 e. The van der Waals surface area contributed by atoms with Crippen molar-refractivity contribution in [2.24, 2.45) is 12.8 Å². The topological polar surface area (TPSA) is 81.2 Å². The van der Waals surface area contributed by atoms with Crippen molar-refractivity contribution in [3.8, 4) is 0 Å². The SMILES string of the molecule is Cc1cc(F)cc(S(=O)(=O)N2C[C@@H](N)[C@H](c3cn(C)cn3)C2)c1. The van der Waals surface area contributed by atoms with Crippen molar-refractivity contribution in [3.05, 3.63) is 47.8 Å². The number of rotatable bonds is 3. The van der Waals surface area contributed by atoms with Gasteiger partial charge in [0, 0.05) is 38.3 Å². The molecular weight excluding hydrogens is 319 g/mol. The van der Waals surface area contributed by atoms with Gasteiger partial charge in [0.25, 0.3) is 0 Å². The average Bonchev–Trinajstić information content (AvgIpc) is 3.04.